The van der Waals surface area contributed by atoms with Gasteiger partial charge in [0.05, 0.1) is 35.0 Å². The Balaban J connectivity index is 1.68. The van der Waals surface area contributed by atoms with Crippen LogP contribution in [-0.2, 0) is 14.1 Å². The van der Waals surface area contributed by atoms with Gasteiger partial charge in [-0.3, -0.25) is 4.98 Å². The van der Waals surface area contributed by atoms with Crippen LogP contribution in [0.4, 0.5) is 29.0 Å². The van der Waals surface area contributed by atoms with Crippen LogP contribution in [-0.4, -0.2) is 34.3 Å². The number of hydrogen-bond acceptors (Lipinski definition) is 8. The van der Waals surface area contributed by atoms with Crippen molar-refractivity contribution >= 4 is 40.0 Å². The van der Waals surface area contributed by atoms with E-state index in [4.69, 9.17) is 5.73 Å². The van der Waals surface area contributed by atoms with Gasteiger partial charge in [0, 0.05) is 26.5 Å². The molecule has 0 spiro atoms. The third-order valence-electron chi connectivity index (χ3n) is 3.89. The molecule has 0 saturated heterocycles. The van der Waals surface area contributed by atoms with Crippen molar-refractivity contribution in [1.29, 1.82) is 0 Å². The Morgan fingerprint density at radius 3 is 2.69 bits per heavy atom. The van der Waals surface area contributed by atoms with Gasteiger partial charge in [-0.25, -0.2) is 14.6 Å². The lowest BCUT2D eigenvalue weighted by atomic mass is 10.3. The Labute approximate surface area is 149 Å². The van der Waals surface area contributed by atoms with Crippen molar-refractivity contribution in [3.63, 3.8) is 0 Å². The van der Waals surface area contributed by atoms with Gasteiger partial charge in [-0.05, 0) is 13.0 Å². The fourth-order valence-electron chi connectivity index (χ4n) is 2.59. The number of nitrogens with two attached hydrogens (primary N) is 1. The normalized spacial score (nSPS) is 11.0. The Morgan fingerprint density at radius 1 is 1.08 bits per heavy atom. The van der Waals surface area contributed by atoms with Gasteiger partial charge in [-0.1, -0.05) is 0 Å². The fourth-order valence-corrected chi connectivity index (χ4v) is 2.59. The molecular weight excluding hydrogens is 332 g/mol. The minimum absolute atomic E-state index is 0.451. The van der Waals surface area contributed by atoms with Gasteiger partial charge < -0.3 is 20.9 Å². The Kier molecular flexibility index (Phi) is 3.64. The molecule has 0 bridgehead atoms. The van der Waals surface area contributed by atoms with Gasteiger partial charge in [-0.2, -0.15) is 10.1 Å². The maximum absolute atomic E-state index is 5.83. The molecule has 10 nitrogen and oxygen atoms in total. The molecular formula is C16H18N10. The molecule has 0 aromatic carbocycles. The molecule has 0 aliphatic rings. The lowest BCUT2D eigenvalue weighted by Gasteiger charge is -2.07. The Morgan fingerprint density at radius 2 is 1.92 bits per heavy atom. The van der Waals surface area contributed by atoms with Gasteiger partial charge in [0.2, 0.25) is 5.95 Å². The van der Waals surface area contributed by atoms with E-state index < -0.39 is 0 Å². The van der Waals surface area contributed by atoms with Gasteiger partial charge >= 0.3 is 0 Å². The van der Waals surface area contributed by atoms with Crippen LogP contribution >= 0.6 is 0 Å². The van der Waals surface area contributed by atoms with Crippen molar-refractivity contribution in [1.82, 2.24) is 34.3 Å². The van der Waals surface area contributed by atoms with E-state index >= 15 is 0 Å². The molecule has 0 fully saturated rings. The number of aromatic nitrogens is 7. The lowest BCUT2D eigenvalue weighted by molar-refractivity contribution is 0.789. The van der Waals surface area contributed by atoms with E-state index in [1.807, 2.05) is 37.8 Å². The summed E-state index contributed by atoms with van der Waals surface area (Å²) in [5, 5.41) is 11.6. The average molecular weight is 350 g/mol. The number of anilines is 5. The molecule has 4 heterocycles. The second kappa shape index (κ2) is 5.99. The molecule has 0 atom stereocenters. The number of pyridine rings is 1. The predicted molar refractivity (Wildman–Crippen MR) is 99.5 cm³/mol. The summed E-state index contributed by atoms with van der Waals surface area (Å²) in [7, 11) is 3.73. The van der Waals surface area contributed by atoms with Crippen LogP contribution in [0.15, 0.2) is 31.0 Å². The molecule has 0 radical (unpaired) electrons. The molecule has 4 rings (SSSR count). The SMILES string of the molecule is Cc1ncc(N)cc1Nc1nn(C)c2nc(Nc3cn(C)cn3)ncc12. The third-order valence-corrected chi connectivity index (χ3v) is 3.89. The van der Waals surface area contributed by atoms with Gasteiger partial charge in [0.25, 0.3) is 0 Å². The first kappa shape index (κ1) is 15.8. The average Bonchev–Trinajstić information content (AvgIpc) is 3.15. The highest BCUT2D eigenvalue weighted by Gasteiger charge is 2.13. The van der Waals surface area contributed by atoms with Crippen LogP contribution in [0.5, 0.6) is 0 Å². The Hall–Kier alpha value is -3.69. The van der Waals surface area contributed by atoms with Crippen molar-refractivity contribution < 1.29 is 0 Å². The van der Waals surface area contributed by atoms with Crippen LogP contribution < -0.4 is 16.4 Å². The highest BCUT2D eigenvalue weighted by atomic mass is 15.3. The smallest absolute Gasteiger partial charge is 0.230 e. The number of aryl methyl sites for hydroxylation is 3. The van der Waals surface area contributed by atoms with Crippen LogP contribution in [0.2, 0.25) is 0 Å². The van der Waals surface area contributed by atoms with E-state index in [0.29, 0.717) is 28.9 Å². The number of imidazole rings is 1. The molecule has 132 valence electrons. The third kappa shape index (κ3) is 2.88. The maximum atomic E-state index is 5.83. The van der Waals surface area contributed by atoms with E-state index in [0.717, 1.165) is 16.8 Å². The predicted octanol–water partition coefficient (Wildman–Crippen LogP) is 1.87. The second-order valence-corrected chi connectivity index (χ2v) is 5.98. The summed E-state index contributed by atoms with van der Waals surface area (Å²) in [6.07, 6.45) is 6.89. The van der Waals surface area contributed by atoms with Crippen molar-refractivity contribution in [3.8, 4) is 0 Å². The molecule has 4 N–H and O–H groups in total. The number of nitrogen functional groups attached to an aromatic ring is 1. The molecule has 4 aromatic heterocycles. The minimum atomic E-state index is 0.451. The van der Waals surface area contributed by atoms with Crippen LogP contribution in [0.3, 0.4) is 0 Å². The number of fused-ring (bicyclic) bond motifs is 1. The summed E-state index contributed by atoms with van der Waals surface area (Å²) in [6, 6.07) is 1.82. The van der Waals surface area contributed by atoms with E-state index in [9.17, 15) is 0 Å². The largest absolute Gasteiger partial charge is 0.397 e. The van der Waals surface area contributed by atoms with Crippen molar-refractivity contribution in [3.05, 3.63) is 36.7 Å². The van der Waals surface area contributed by atoms with Gasteiger partial charge in [-0.15, -0.1) is 0 Å². The number of nitrogens with one attached hydrogen (secondary N) is 2. The van der Waals surface area contributed by atoms with Gasteiger partial charge in [0.1, 0.15) is 0 Å². The van der Waals surface area contributed by atoms with E-state index in [-0.39, 0.29) is 0 Å². The molecule has 26 heavy (non-hydrogen) atoms. The number of nitrogens with zero attached hydrogens (tertiary/aromatic N) is 7. The van der Waals surface area contributed by atoms with E-state index in [2.05, 4.69) is 35.7 Å². The Bertz CT molecular complexity index is 1090. The zero-order valence-corrected chi connectivity index (χ0v) is 14.6. The monoisotopic (exact) mass is 350 g/mol. The lowest BCUT2D eigenvalue weighted by Crippen LogP contribution is -1.99. The zero-order valence-electron chi connectivity index (χ0n) is 14.6. The van der Waals surface area contributed by atoms with E-state index in [1.165, 1.54) is 0 Å². The van der Waals surface area contributed by atoms with E-state index in [1.54, 1.807) is 23.4 Å². The highest BCUT2D eigenvalue weighted by Crippen LogP contribution is 2.26. The maximum Gasteiger partial charge on any atom is 0.230 e. The summed E-state index contributed by atoms with van der Waals surface area (Å²) < 4.78 is 3.53. The van der Waals surface area contributed by atoms with Crippen molar-refractivity contribution in [2.24, 2.45) is 14.1 Å². The first-order chi connectivity index (χ1) is 12.5. The van der Waals surface area contributed by atoms with Gasteiger partial charge in [0.15, 0.2) is 17.3 Å². The van der Waals surface area contributed by atoms with Crippen LogP contribution in [0, 0.1) is 6.92 Å². The number of hydrogen-bond donors (Lipinski definition) is 3. The summed E-state index contributed by atoms with van der Waals surface area (Å²) in [5.74, 6) is 1.77. The van der Waals surface area contributed by atoms with Crippen molar-refractivity contribution in [2.75, 3.05) is 16.4 Å². The fraction of sp³-hybridized carbons (Fsp3) is 0.188. The topological polar surface area (TPSA) is 124 Å². The molecule has 0 aliphatic carbocycles. The molecule has 0 unspecified atom stereocenters. The molecule has 10 heteroatoms. The number of rotatable bonds is 4. The summed E-state index contributed by atoms with van der Waals surface area (Å²) in [6.45, 7) is 1.90. The van der Waals surface area contributed by atoms with Crippen molar-refractivity contribution in [2.45, 2.75) is 6.92 Å². The van der Waals surface area contributed by atoms with Crippen LogP contribution in [0.25, 0.3) is 11.0 Å². The quantitative estimate of drug-likeness (QED) is 0.509. The summed E-state index contributed by atoms with van der Waals surface area (Å²) in [5.41, 5.74) is 8.71. The second-order valence-electron chi connectivity index (χ2n) is 5.98. The minimum Gasteiger partial charge on any atom is -0.397 e. The first-order valence-corrected chi connectivity index (χ1v) is 7.93. The zero-order chi connectivity index (χ0) is 18.3. The summed E-state index contributed by atoms with van der Waals surface area (Å²) in [4.78, 5) is 17.4. The molecule has 0 aliphatic heterocycles. The molecule has 0 saturated carbocycles. The first-order valence-electron chi connectivity index (χ1n) is 7.93. The highest BCUT2D eigenvalue weighted by molar-refractivity contribution is 5.90. The standard InChI is InChI=1S/C16H18N10/c1-9-12(4-10(17)5-18-9)21-14-11-6-19-16(23-15(11)26(3)24-14)22-13-7-25(2)8-20-13/h4-8H,17H2,1-3H3,(H,21,24)(H,19,22,23). The van der Waals surface area contributed by atoms with Crippen LogP contribution in [0.1, 0.15) is 5.69 Å². The summed E-state index contributed by atoms with van der Waals surface area (Å²) >= 11 is 0. The molecule has 4 aromatic rings. The molecule has 0 amide bonds.